The van der Waals surface area contributed by atoms with Crippen LogP contribution in [-0.2, 0) is 9.47 Å². The molecule has 2 aromatic heterocycles. The van der Waals surface area contributed by atoms with E-state index in [1.807, 2.05) is 17.0 Å². The molecule has 0 aromatic carbocycles. The quantitative estimate of drug-likeness (QED) is 0.805. The third-order valence-electron chi connectivity index (χ3n) is 6.49. The number of nitrogens with zero attached hydrogens (tertiary/aromatic N) is 2. The second-order valence-corrected chi connectivity index (χ2v) is 8.28. The Labute approximate surface area is 168 Å². The summed E-state index contributed by atoms with van der Waals surface area (Å²) in [7, 11) is 0. The number of carbonyl (C=O) groups is 2. The van der Waals surface area contributed by atoms with Crippen molar-refractivity contribution in [1.29, 1.82) is 0 Å². The number of hydrogen-bond donors (Lipinski definition) is 2. The van der Waals surface area contributed by atoms with Crippen LogP contribution in [0.1, 0.15) is 29.8 Å². The molecule has 1 unspecified atom stereocenters. The Morgan fingerprint density at radius 1 is 1.28 bits per heavy atom. The van der Waals surface area contributed by atoms with Gasteiger partial charge in [-0.3, -0.25) is 9.78 Å². The molecular formula is C21H26N4O4. The van der Waals surface area contributed by atoms with E-state index in [0.717, 1.165) is 43.3 Å². The fourth-order valence-corrected chi connectivity index (χ4v) is 4.78. The molecule has 3 atom stereocenters. The molecule has 2 saturated heterocycles. The molecule has 8 nitrogen and oxygen atoms in total. The van der Waals surface area contributed by atoms with Crippen molar-refractivity contribution in [1.82, 2.24) is 20.2 Å². The first-order valence-electron chi connectivity index (χ1n) is 10.4. The number of fused-ring (bicyclic) bond motifs is 2. The summed E-state index contributed by atoms with van der Waals surface area (Å²) in [6, 6.07) is 3.68. The Morgan fingerprint density at radius 3 is 2.83 bits per heavy atom. The van der Waals surface area contributed by atoms with Crippen molar-refractivity contribution < 1.29 is 19.1 Å². The number of aromatic amines is 1. The average molecular weight is 398 g/mol. The first kappa shape index (κ1) is 18.4. The molecule has 4 heterocycles. The van der Waals surface area contributed by atoms with Gasteiger partial charge >= 0.3 is 6.09 Å². The SMILES string of the molecule is O=C(NCC[C@H]1C2CN(C(=O)OC3CCOCC3)C[C@@H]21)c1cc2cnccc2[nH]1. The van der Waals surface area contributed by atoms with Gasteiger partial charge in [0.05, 0.1) is 13.2 Å². The van der Waals surface area contributed by atoms with Crippen molar-refractivity contribution in [3.63, 3.8) is 0 Å². The molecule has 154 valence electrons. The summed E-state index contributed by atoms with van der Waals surface area (Å²) >= 11 is 0. The first-order chi connectivity index (χ1) is 14.2. The van der Waals surface area contributed by atoms with Crippen molar-refractivity contribution in [2.75, 3.05) is 32.8 Å². The van der Waals surface area contributed by atoms with E-state index in [0.29, 0.717) is 43.2 Å². The molecule has 3 fully saturated rings. The second kappa shape index (κ2) is 7.67. The lowest BCUT2D eigenvalue weighted by Crippen LogP contribution is -2.36. The van der Waals surface area contributed by atoms with Crippen molar-refractivity contribution in [3.8, 4) is 0 Å². The van der Waals surface area contributed by atoms with Crippen LogP contribution in [-0.4, -0.2) is 65.8 Å². The number of pyridine rings is 1. The standard InChI is InChI=1S/C21H26N4O4/c26-20(19-9-13-10-22-5-2-18(13)24-19)23-6-1-15-16-11-25(12-17(15)16)21(27)29-14-3-7-28-8-4-14/h2,5,9-10,14-17,24H,1,3-4,6-8,11-12H2,(H,23,26)/t15-,16-,17?/m1/s1. The summed E-state index contributed by atoms with van der Waals surface area (Å²) in [6.45, 7) is 3.55. The number of aromatic nitrogens is 2. The van der Waals surface area contributed by atoms with Crippen LogP contribution in [0, 0.1) is 17.8 Å². The van der Waals surface area contributed by atoms with E-state index in [9.17, 15) is 9.59 Å². The maximum Gasteiger partial charge on any atom is 0.410 e. The van der Waals surface area contributed by atoms with E-state index < -0.39 is 0 Å². The van der Waals surface area contributed by atoms with Crippen molar-refractivity contribution in [2.45, 2.75) is 25.4 Å². The predicted molar refractivity (Wildman–Crippen MR) is 105 cm³/mol. The van der Waals surface area contributed by atoms with Crippen LogP contribution in [0.25, 0.3) is 10.9 Å². The van der Waals surface area contributed by atoms with Gasteiger partial charge in [-0.25, -0.2) is 4.79 Å². The Hall–Kier alpha value is -2.61. The minimum atomic E-state index is -0.176. The number of amides is 2. The van der Waals surface area contributed by atoms with Crippen LogP contribution in [0.4, 0.5) is 4.79 Å². The molecule has 1 aliphatic carbocycles. The van der Waals surface area contributed by atoms with Crippen LogP contribution < -0.4 is 5.32 Å². The summed E-state index contributed by atoms with van der Waals surface area (Å²) in [5.41, 5.74) is 1.47. The van der Waals surface area contributed by atoms with Gasteiger partial charge in [-0.15, -0.1) is 0 Å². The van der Waals surface area contributed by atoms with Gasteiger partial charge < -0.3 is 24.7 Å². The highest BCUT2D eigenvalue weighted by Crippen LogP contribution is 2.53. The van der Waals surface area contributed by atoms with Crippen molar-refractivity contribution in [3.05, 3.63) is 30.2 Å². The summed E-state index contributed by atoms with van der Waals surface area (Å²) < 4.78 is 10.9. The molecule has 0 bridgehead atoms. The van der Waals surface area contributed by atoms with Gasteiger partial charge in [0.2, 0.25) is 0 Å². The lowest BCUT2D eigenvalue weighted by atomic mass is 10.1. The van der Waals surface area contributed by atoms with Gasteiger partial charge in [0, 0.05) is 55.8 Å². The highest BCUT2D eigenvalue weighted by Gasteiger charge is 2.56. The Balaban J connectivity index is 1.04. The normalized spacial score (nSPS) is 26.3. The molecule has 5 rings (SSSR count). The summed E-state index contributed by atoms with van der Waals surface area (Å²) in [6.07, 6.45) is 5.81. The first-order valence-corrected chi connectivity index (χ1v) is 10.4. The molecule has 2 aromatic rings. The van der Waals surface area contributed by atoms with Crippen LogP contribution in [0.15, 0.2) is 24.5 Å². The van der Waals surface area contributed by atoms with Crippen LogP contribution >= 0.6 is 0 Å². The largest absolute Gasteiger partial charge is 0.446 e. The van der Waals surface area contributed by atoms with Gasteiger partial charge in [-0.1, -0.05) is 0 Å². The third kappa shape index (κ3) is 3.81. The van der Waals surface area contributed by atoms with E-state index in [1.165, 1.54) is 0 Å². The van der Waals surface area contributed by atoms with Crippen LogP contribution in [0.3, 0.4) is 0 Å². The lowest BCUT2D eigenvalue weighted by molar-refractivity contribution is -0.00949. The van der Waals surface area contributed by atoms with Crippen LogP contribution in [0.2, 0.25) is 0 Å². The number of hydrogen-bond acceptors (Lipinski definition) is 5. The number of carbonyl (C=O) groups excluding carboxylic acids is 2. The monoisotopic (exact) mass is 398 g/mol. The van der Waals surface area contributed by atoms with E-state index in [4.69, 9.17) is 9.47 Å². The van der Waals surface area contributed by atoms with E-state index in [1.54, 1.807) is 12.4 Å². The zero-order valence-corrected chi connectivity index (χ0v) is 16.3. The van der Waals surface area contributed by atoms with Crippen molar-refractivity contribution in [2.24, 2.45) is 17.8 Å². The molecule has 2 amide bonds. The molecule has 0 spiro atoms. The maximum atomic E-state index is 12.4. The number of rotatable bonds is 5. The zero-order chi connectivity index (χ0) is 19.8. The molecular weight excluding hydrogens is 372 g/mol. The molecule has 3 aliphatic rings. The molecule has 2 N–H and O–H groups in total. The smallest absolute Gasteiger partial charge is 0.410 e. The second-order valence-electron chi connectivity index (χ2n) is 8.28. The Morgan fingerprint density at radius 2 is 2.07 bits per heavy atom. The summed E-state index contributed by atoms with van der Waals surface area (Å²) in [4.78, 5) is 33.7. The minimum absolute atomic E-state index is 0.000364. The van der Waals surface area contributed by atoms with E-state index in [-0.39, 0.29) is 18.1 Å². The average Bonchev–Trinajstić information content (AvgIpc) is 3.11. The zero-order valence-electron chi connectivity index (χ0n) is 16.3. The summed E-state index contributed by atoms with van der Waals surface area (Å²) in [5, 5.41) is 3.93. The maximum absolute atomic E-state index is 12.4. The highest BCUT2D eigenvalue weighted by atomic mass is 16.6. The van der Waals surface area contributed by atoms with E-state index >= 15 is 0 Å². The van der Waals surface area contributed by atoms with Gasteiger partial charge in [-0.2, -0.15) is 0 Å². The lowest BCUT2D eigenvalue weighted by Gasteiger charge is -2.26. The van der Waals surface area contributed by atoms with Gasteiger partial charge in [-0.05, 0) is 36.3 Å². The van der Waals surface area contributed by atoms with Crippen LogP contribution in [0.5, 0.6) is 0 Å². The molecule has 8 heteroatoms. The van der Waals surface area contributed by atoms with Gasteiger partial charge in [0.1, 0.15) is 11.8 Å². The number of H-pyrrole nitrogens is 1. The topological polar surface area (TPSA) is 96.6 Å². The van der Waals surface area contributed by atoms with Gasteiger partial charge in [0.15, 0.2) is 0 Å². The highest BCUT2D eigenvalue weighted by molar-refractivity contribution is 5.97. The molecule has 0 radical (unpaired) electrons. The Bertz CT molecular complexity index is 862. The molecule has 1 saturated carbocycles. The van der Waals surface area contributed by atoms with Gasteiger partial charge in [0.25, 0.3) is 5.91 Å². The third-order valence-corrected chi connectivity index (χ3v) is 6.49. The number of nitrogens with one attached hydrogen (secondary N) is 2. The molecule has 2 aliphatic heterocycles. The predicted octanol–water partition coefficient (Wildman–Crippen LogP) is 2.18. The molecule has 29 heavy (non-hydrogen) atoms. The van der Waals surface area contributed by atoms with Crippen molar-refractivity contribution >= 4 is 22.9 Å². The fourth-order valence-electron chi connectivity index (χ4n) is 4.78. The number of ether oxygens (including phenoxy) is 2. The minimum Gasteiger partial charge on any atom is -0.446 e. The van der Waals surface area contributed by atoms with E-state index in [2.05, 4.69) is 15.3 Å². The Kier molecular flexibility index (Phi) is 4.87. The summed E-state index contributed by atoms with van der Waals surface area (Å²) in [5.74, 6) is 1.60. The number of likely N-dealkylation sites (tertiary alicyclic amines) is 1. The fraction of sp³-hybridized carbons (Fsp3) is 0.571. The number of piperidine rings is 1.